The Hall–Kier alpha value is -3.68. The maximum Gasteiger partial charge on any atom is 0.326 e. The molecule has 1 N–H and O–H groups in total. The quantitative estimate of drug-likeness (QED) is 0.496. The van der Waals surface area contributed by atoms with Gasteiger partial charge >= 0.3 is 12.0 Å². The van der Waals surface area contributed by atoms with Gasteiger partial charge in [-0.3, -0.25) is 19.3 Å². The maximum absolute atomic E-state index is 13.2. The fourth-order valence-corrected chi connectivity index (χ4v) is 3.86. The van der Waals surface area contributed by atoms with Gasteiger partial charge in [0, 0.05) is 6.54 Å². The minimum atomic E-state index is -0.718. The van der Waals surface area contributed by atoms with Crippen LogP contribution in [0.1, 0.15) is 66.9 Å². The van der Waals surface area contributed by atoms with Crippen molar-refractivity contribution in [1.29, 1.82) is 0 Å². The smallest absolute Gasteiger partial charge is 0.326 e. The van der Waals surface area contributed by atoms with E-state index in [0.717, 1.165) is 10.5 Å². The fraction of sp³-hybridized carbons (Fsp3) is 0.385. The van der Waals surface area contributed by atoms with Crippen molar-refractivity contribution in [2.45, 2.75) is 52.3 Å². The lowest BCUT2D eigenvalue weighted by atomic mass is 10.1. The van der Waals surface area contributed by atoms with Crippen molar-refractivity contribution in [1.82, 2.24) is 15.1 Å². The molecule has 2 aromatic carbocycles. The zero-order chi connectivity index (χ0) is 25.0. The van der Waals surface area contributed by atoms with E-state index in [1.54, 1.807) is 52.0 Å². The van der Waals surface area contributed by atoms with Gasteiger partial charge in [0.2, 0.25) is 0 Å². The summed E-state index contributed by atoms with van der Waals surface area (Å²) in [7, 11) is 0. The van der Waals surface area contributed by atoms with Gasteiger partial charge in [0.05, 0.1) is 23.2 Å². The summed E-state index contributed by atoms with van der Waals surface area (Å²) in [5.41, 5.74) is 0.854. The molecule has 8 heteroatoms. The Morgan fingerprint density at radius 3 is 2.00 bits per heavy atom. The van der Waals surface area contributed by atoms with Gasteiger partial charge in [0.25, 0.3) is 11.8 Å². The Labute approximate surface area is 199 Å². The first-order chi connectivity index (χ1) is 16.0. The van der Waals surface area contributed by atoms with Gasteiger partial charge < -0.3 is 15.0 Å². The molecule has 8 nitrogen and oxygen atoms in total. The van der Waals surface area contributed by atoms with Crippen LogP contribution >= 0.6 is 0 Å². The molecular weight excluding hydrogens is 434 g/mol. The number of carbonyl (C=O) groups excluding carboxylic acids is 4. The minimum Gasteiger partial charge on any atom is -0.459 e. The van der Waals surface area contributed by atoms with E-state index in [1.807, 2.05) is 37.3 Å². The summed E-state index contributed by atoms with van der Waals surface area (Å²) in [5, 5.41) is 2.89. The average molecular weight is 466 g/mol. The predicted octanol–water partition coefficient (Wildman–Crippen LogP) is 3.79. The molecule has 0 fully saturated rings. The molecule has 1 aliphatic rings. The summed E-state index contributed by atoms with van der Waals surface area (Å²) in [6.07, 6.45) is 0. The predicted molar refractivity (Wildman–Crippen MR) is 127 cm³/mol. The molecule has 0 saturated carbocycles. The number of fused-ring (bicyclic) bond motifs is 1. The van der Waals surface area contributed by atoms with Crippen LogP contribution in [-0.4, -0.2) is 58.3 Å². The minimum absolute atomic E-state index is 0.0297. The molecule has 2 aromatic rings. The highest BCUT2D eigenvalue weighted by molar-refractivity contribution is 6.21. The van der Waals surface area contributed by atoms with Gasteiger partial charge in [0.15, 0.2) is 0 Å². The molecule has 0 radical (unpaired) electrons. The number of nitrogens with zero attached hydrogens (tertiary/aromatic N) is 2. The largest absolute Gasteiger partial charge is 0.459 e. The highest BCUT2D eigenvalue weighted by atomic mass is 16.6. The van der Waals surface area contributed by atoms with Crippen LogP contribution < -0.4 is 5.32 Å². The van der Waals surface area contributed by atoms with Gasteiger partial charge in [-0.15, -0.1) is 0 Å². The second-order valence-electron chi connectivity index (χ2n) is 9.42. The van der Waals surface area contributed by atoms with Gasteiger partial charge in [-0.2, -0.15) is 0 Å². The molecule has 0 bridgehead atoms. The third-order valence-corrected chi connectivity index (χ3v) is 5.42. The molecular formula is C26H31N3O5. The van der Waals surface area contributed by atoms with Crippen molar-refractivity contribution < 1.29 is 23.9 Å². The molecule has 180 valence electrons. The third kappa shape index (κ3) is 5.81. The Kier molecular flexibility index (Phi) is 7.39. The summed E-state index contributed by atoms with van der Waals surface area (Å²) in [6.45, 7) is 8.40. The van der Waals surface area contributed by atoms with Crippen molar-refractivity contribution in [3.63, 3.8) is 0 Å². The molecule has 4 amide bonds. The van der Waals surface area contributed by atoms with Crippen LogP contribution in [0, 0.1) is 0 Å². The molecule has 0 spiro atoms. The van der Waals surface area contributed by atoms with E-state index in [2.05, 4.69) is 5.32 Å². The number of hydrogen-bond donors (Lipinski definition) is 1. The molecule has 1 aliphatic heterocycles. The zero-order valence-electron chi connectivity index (χ0n) is 20.2. The van der Waals surface area contributed by atoms with E-state index in [1.165, 1.54) is 4.90 Å². The van der Waals surface area contributed by atoms with Crippen molar-refractivity contribution in [2.75, 3.05) is 13.1 Å². The van der Waals surface area contributed by atoms with Crippen LogP contribution in [0.3, 0.4) is 0 Å². The standard InChI is InChI=1S/C26H31N3O5/c1-17(29-23(31)20-13-9-10-14-21(20)24(29)32)15-28(16-22(30)34-26(3,4)5)25(33)27-18(2)19-11-7-6-8-12-19/h6-14,17-18H,15-16H2,1-5H3,(H,27,33)/t17-,18-/m0/s1. The SMILES string of the molecule is C[C@H](NC(=O)N(CC(=O)OC(C)(C)C)C[C@H](C)N1C(=O)c2ccccc2C1=O)c1ccccc1. The fourth-order valence-electron chi connectivity index (χ4n) is 3.86. The van der Waals surface area contributed by atoms with Crippen LogP contribution in [0.5, 0.6) is 0 Å². The highest BCUT2D eigenvalue weighted by Crippen LogP contribution is 2.25. The lowest BCUT2D eigenvalue weighted by molar-refractivity contribution is -0.155. The zero-order valence-corrected chi connectivity index (χ0v) is 20.2. The molecule has 2 atom stereocenters. The normalized spacial score (nSPS) is 14.9. The molecule has 0 aliphatic carbocycles. The number of ether oxygens (including phenoxy) is 1. The Bertz CT molecular complexity index is 1040. The van der Waals surface area contributed by atoms with Gasteiger partial charge in [-0.05, 0) is 52.3 Å². The second-order valence-corrected chi connectivity index (χ2v) is 9.42. The Morgan fingerprint density at radius 2 is 1.47 bits per heavy atom. The molecule has 0 saturated heterocycles. The summed E-state index contributed by atoms with van der Waals surface area (Å²) in [6, 6.07) is 14.6. The molecule has 3 rings (SSSR count). The number of nitrogens with one attached hydrogen (secondary N) is 1. The molecule has 1 heterocycles. The number of imide groups is 1. The number of rotatable bonds is 7. The van der Waals surface area contributed by atoms with E-state index < -0.39 is 35.5 Å². The lowest BCUT2D eigenvalue weighted by Crippen LogP contribution is -2.51. The van der Waals surface area contributed by atoms with E-state index in [0.29, 0.717) is 11.1 Å². The van der Waals surface area contributed by atoms with Gasteiger partial charge in [-0.1, -0.05) is 42.5 Å². The summed E-state index contributed by atoms with van der Waals surface area (Å²) in [4.78, 5) is 53.9. The van der Waals surface area contributed by atoms with Gasteiger partial charge in [0.1, 0.15) is 12.1 Å². The van der Waals surface area contributed by atoms with Crippen LogP contribution in [0.25, 0.3) is 0 Å². The summed E-state index contributed by atoms with van der Waals surface area (Å²) < 4.78 is 5.40. The van der Waals surface area contributed by atoms with Crippen LogP contribution in [-0.2, 0) is 9.53 Å². The first kappa shape index (κ1) is 25.0. The van der Waals surface area contributed by atoms with E-state index >= 15 is 0 Å². The number of benzene rings is 2. The van der Waals surface area contributed by atoms with E-state index in [-0.39, 0.29) is 19.1 Å². The average Bonchev–Trinajstić information content (AvgIpc) is 3.03. The van der Waals surface area contributed by atoms with E-state index in [4.69, 9.17) is 4.74 Å². The Balaban J connectivity index is 1.77. The second kappa shape index (κ2) is 10.1. The monoisotopic (exact) mass is 465 g/mol. The molecule has 0 aromatic heterocycles. The first-order valence-electron chi connectivity index (χ1n) is 11.3. The number of urea groups is 1. The first-order valence-corrected chi connectivity index (χ1v) is 11.3. The van der Waals surface area contributed by atoms with Crippen molar-refractivity contribution in [3.05, 3.63) is 71.3 Å². The third-order valence-electron chi connectivity index (χ3n) is 5.42. The summed E-state index contributed by atoms with van der Waals surface area (Å²) >= 11 is 0. The topological polar surface area (TPSA) is 96.0 Å². The van der Waals surface area contributed by atoms with Gasteiger partial charge in [-0.25, -0.2) is 4.79 Å². The van der Waals surface area contributed by atoms with Crippen LogP contribution in [0.2, 0.25) is 0 Å². The molecule has 0 unspecified atom stereocenters. The highest BCUT2D eigenvalue weighted by Gasteiger charge is 2.39. The van der Waals surface area contributed by atoms with Crippen molar-refractivity contribution in [2.24, 2.45) is 0 Å². The molecule has 34 heavy (non-hydrogen) atoms. The van der Waals surface area contributed by atoms with Crippen LogP contribution in [0.4, 0.5) is 4.79 Å². The number of amides is 4. The Morgan fingerprint density at radius 1 is 0.941 bits per heavy atom. The number of esters is 1. The van der Waals surface area contributed by atoms with Crippen molar-refractivity contribution >= 4 is 23.8 Å². The van der Waals surface area contributed by atoms with Crippen molar-refractivity contribution in [3.8, 4) is 0 Å². The van der Waals surface area contributed by atoms with Crippen LogP contribution in [0.15, 0.2) is 54.6 Å². The lowest BCUT2D eigenvalue weighted by Gasteiger charge is -2.31. The maximum atomic E-state index is 13.2. The number of hydrogen-bond acceptors (Lipinski definition) is 5. The summed E-state index contributed by atoms with van der Waals surface area (Å²) in [5.74, 6) is -1.41. The number of carbonyl (C=O) groups is 4. The van der Waals surface area contributed by atoms with E-state index in [9.17, 15) is 19.2 Å².